The van der Waals surface area contributed by atoms with Crippen molar-refractivity contribution in [3.8, 4) is 5.75 Å². The van der Waals surface area contributed by atoms with Crippen LogP contribution in [0.5, 0.6) is 5.75 Å². The third-order valence-corrected chi connectivity index (χ3v) is 6.72. The average molecular weight is 396 g/mol. The number of carbonyl (C=O) groups excluding carboxylic acids is 1. The van der Waals surface area contributed by atoms with Crippen LogP contribution in [0, 0.1) is 0 Å². The Morgan fingerprint density at radius 3 is 2.78 bits per heavy atom. The first-order valence-corrected chi connectivity index (χ1v) is 11.2. The van der Waals surface area contributed by atoms with Crippen LogP contribution in [0.4, 0.5) is 0 Å². The van der Waals surface area contributed by atoms with Crippen molar-refractivity contribution >= 4 is 15.9 Å². The minimum Gasteiger partial charge on any atom is -0.489 e. The lowest BCUT2D eigenvalue weighted by molar-refractivity contribution is 0.0922. The smallest absolute Gasteiger partial charge is 0.255 e. The van der Waals surface area contributed by atoms with Crippen LogP contribution in [0.15, 0.2) is 17.0 Å². The van der Waals surface area contributed by atoms with Gasteiger partial charge in [-0.2, -0.15) is 0 Å². The van der Waals surface area contributed by atoms with E-state index in [0.29, 0.717) is 24.3 Å². The maximum absolute atomic E-state index is 13.0. The molecule has 8 heteroatoms. The van der Waals surface area contributed by atoms with Crippen molar-refractivity contribution in [2.45, 2.75) is 69.5 Å². The molecule has 2 aliphatic heterocycles. The lowest BCUT2D eigenvalue weighted by atomic mass is 10.0. The van der Waals surface area contributed by atoms with Gasteiger partial charge in [0.1, 0.15) is 11.9 Å². The molecule has 3 atom stereocenters. The first-order chi connectivity index (χ1) is 12.9. The normalized spacial score (nSPS) is 22.9. The number of hydrogen-bond acceptors (Lipinski definition) is 5. The fourth-order valence-corrected chi connectivity index (χ4v) is 5.01. The monoisotopic (exact) mass is 395 g/mol. The summed E-state index contributed by atoms with van der Waals surface area (Å²) in [6.45, 7) is 6.93. The molecular formula is C19H29N3O4S. The van der Waals surface area contributed by atoms with E-state index in [-0.39, 0.29) is 29.0 Å². The van der Waals surface area contributed by atoms with Crippen LogP contribution in [-0.2, 0) is 16.4 Å². The van der Waals surface area contributed by atoms with Crippen LogP contribution in [0.2, 0.25) is 0 Å². The third-order valence-electron chi connectivity index (χ3n) is 5.20. The molecule has 150 valence electrons. The number of sulfonamides is 1. The summed E-state index contributed by atoms with van der Waals surface area (Å²) in [6.07, 6.45) is 3.44. The van der Waals surface area contributed by atoms with Crippen LogP contribution < -0.4 is 20.1 Å². The predicted octanol–water partition coefficient (Wildman–Crippen LogP) is 1.57. The van der Waals surface area contributed by atoms with E-state index in [2.05, 4.69) is 15.4 Å². The minimum absolute atomic E-state index is 0.00325. The van der Waals surface area contributed by atoms with Gasteiger partial charge in [0.15, 0.2) is 0 Å². The molecule has 0 aliphatic carbocycles. The second-order valence-electron chi connectivity index (χ2n) is 7.28. The zero-order valence-corrected chi connectivity index (χ0v) is 17.0. The molecule has 27 heavy (non-hydrogen) atoms. The van der Waals surface area contributed by atoms with Crippen LogP contribution in [0.3, 0.4) is 0 Å². The van der Waals surface area contributed by atoms with Crippen molar-refractivity contribution < 1.29 is 17.9 Å². The summed E-state index contributed by atoms with van der Waals surface area (Å²) in [7, 11) is -3.65. The molecule has 0 aromatic heterocycles. The second-order valence-corrected chi connectivity index (χ2v) is 9.05. The number of benzene rings is 1. The second kappa shape index (κ2) is 8.16. The van der Waals surface area contributed by atoms with E-state index in [1.807, 2.05) is 13.8 Å². The molecule has 1 amide bonds. The van der Waals surface area contributed by atoms with E-state index in [0.717, 1.165) is 31.4 Å². The molecule has 0 spiro atoms. The van der Waals surface area contributed by atoms with Crippen LogP contribution in [0.25, 0.3) is 0 Å². The van der Waals surface area contributed by atoms with Gasteiger partial charge in [0, 0.05) is 25.0 Å². The van der Waals surface area contributed by atoms with Crippen LogP contribution >= 0.6 is 0 Å². The average Bonchev–Trinajstić information content (AvgIpc) is 3.26. The number of amides is 1. The number of ether oxygens (including phenoxy) is 1. The maximum atomic E-state index is 13.0. The molecule has 1 aromatic carbocycles. The van der Waals surface area contributed by atoms with Gasteiger partial charge >= 0.3 is 0 Å². The van der Waals surface area contributed by atoms with Crippen LogP contribution in [-0.4, -0.2) is 45.6 Å². The molecule has 0 bridgehead atoms. The molecule has 3 N–H and O–H groups in total. The molecule has 3 rings (SSSR count). The van der Waals surface area contributed by atoms with E-state index in [4.69, 9.17) is 4.74 Å². The Labute approximate surface area is 161 Å². The van der Waals surface area contributed by atoms with Gasteiger partial charge in [0.2, 0.25) is 10.0 Å². The first-order valence-electron chi connectivity index (χ1n) is 9.73. The molecule has 1 fully saturated rings. The molecule has 0 saturated carbocycles. The molecule has 2 aliphatic rings. The predicted molar refractivity (Wildman–Crippen MR) is 104 cm³/mol. The summed E-state index contributed by atoms with van der Waals surface area (Å²) in [5, 5.41) is 6.51. The first kappa shape index (κ1) is 20.1. The van der Waals surface area contributed by atoms with Crippen molar-refractivity contribution in [2.24, 2.45) is 0 Å². The molecule has 1 aromatic rings. The van der Waals surface area contributed by atoms with E-state index in [1.165, 1.54) is 6.07 Å². The fourth-order valence-electron chi connectivity index (χ4n) is 3.89. The molecule has 0 radical (unpaired) electrons. The quantitative estimate of drug-likeness (QED) is 0.651. The van der Waals surface area contributed by atoms with Gasteiger partial charge in [0.05, 0.1) is 10.5 Å². The lowest BCUT2D eigenvalue weighted by Crippen LogP contribution is -2.47. The van der Waals surface area contributed by atoms with Crippen molar-refractivity contribution in [1.82, 2.24) is 15.4 Å². The summed E-state index contributed by atoms with van der Waals surface area (Å²) in [6, 6.07) is 3.30. The summed E-state index contributed by atoms with van der Waals surface area (Å²) in [5.74, 6) is 0.221. The Hall–Kier alpha value is -1.64. The topological polar surface area (TPSA) is 96.5 Å². The maximum Gasteiger partial charge on any atom is 0.255 e. The van der Waals surface area contributed by atoms with Gasteiger partial charge < -0.3 is 15.4 Å². The van der Waals surface area contributed by atoms with Gasteiger partial charge in [-0.25, -0.2) is 13.1 Å². The Kier molecular flexibility index (Phi) is 6.08. The number of hydrogen-bond donors (Lipinski definition) is 3. The molecule has 3 unspecified atom stereocenters. The molecule has 2 heterocycles. The standard InChI is InChI=1S/C19H29N3O4S/c1-4-16(17-7-6-8-20-17)22-19(23)15-11-14(27(24,25)21-5-2)10-13-9-12(3)26-18(13)15/h10-12,16-17,20-21H,4-9H2,1-3H3,(H,22,23). The summed E-state index contributed by atoms with van der Waals surface area (Å²) < 4.78 is 33.3. The summed E-state index contributed by atoms with van der Waals surface area (Å²) >= 11 is 0. The molecular weight excluding hydrogens is 366 g/mol. The van der Waals surface area contributed by atoms with Gasteiger partial charge in [-0.15, -0.1) is 0 Å². The lowest BCUT2D eigenvalue weighted by Gasteiger charge is -2.24. The highest BCUT2D eigenvalue weighted by atomic mass is 32.2. The zero-order valence-electron chi connectivity index (χ0n) is 16.2. The Bertz CT molecular complexity index is 803. The number of carbonyl (C=O) groups is 1. The Morgan fingerprint density at radius 1 is 1.37 bits per heavy atom. The van der Waals surface area contributed by atoms with Crippen molar-refractivity contribution in [3.05, 3.63) is 23.3 Å². The van der Waals surface area contributed by atoms with Crippen molar-refractivity contribution in [3.63, 3.8) is 0 Å². The SMILES string of the molecule is CCNS(=O)(=O)c1cc2c(c(C(=O)NC(CC)C3CCCN3)c1)OC(C)C2. The van der Waals surface area contributed by atoms with E-state index in [1.54, 1.807) is 13.0 Å². The number of rotatable bonds is 7. The van der Waals surface area contributed by atoms with Crippen molar-refractivity contribution in [1.29, 1.82) is 0 Å². The van der Waals surface area contributed by atoms with Gasteiger partial charge in [-0.1, -0.05) is 13.8 Å². The molecule has 1 saturated heterocycles. The van der Waals surface area contributed by atoms with Gasteiger partial charge in [0.25, 0.3) is 5.91 Å². The Morgan fingerprint density at radius 2 is 2.15 bits per heavy atom. The Balaban J connectivity index is 1.93. The van der Waals surface area contributed by atoms with E-state index < -0.39 is 10.0 Å². The third kappa shape index (κ3) is 4.28. The highest BCUT2D eigenvalue weighted by molar-refractivity contribution is 7.89. The highest BCUT2D eigenvalue weighted by Crippen LogP contribution is 2.35. The zero-order chi connectivity index (χ0) is 19.6. The highest BCUT2D eigenvalue weighted by Gasteiger charge is 2.31. The fraction of sp³-hybridized carbons (Fsp3) is 0.632. The number of nitrogens with one attached hydrogen (secondary N) is 3. The summed E-state index contributed by atoms with van der Waals surface area (Å²) in [5.41, 5.74) is 1.06. The largest absolute Gasteiger partial charge is 0.489 e. The van der Waals surface area contributed by atoms with Gasteiger partial charge in [-0.3, -0.25) is 4.79 Å². The number of fused-ring (bicyclic) bond motifs is 1. The van der Waals surface area contributed by atoms with Crippen LogP contribution in [0.1, 0.15) is 56.0 Å². The van der Waals surface area contributed by atoms with E-state index in [9.17, 15) is 13.2 Å². The van der Waals surface area contributed by atoms with Crippen molar-refractivity contribution in [2.75, 3.05) is 13.1 Å². The molecule has 7 nitrogen and oxygen atoms in total. The van der Waals surface area contributed by atoms with E-state index >= 15 is 0 Å². The van der Waals surface area contributed by atoms with Gasteiger partial charge in [-0.05, 0) is 50.4 Å². The summed E-state index contributed by atoms with van der Waals surface area (Å²) in [4.78, 5) is 13.1. The minimum atomic E-state index is -3.65.